The molecule has 0 aliphatic heterocycles. The Balaban J connectivity index is 2.47. The summed E-state index contributed by atoms with van der Waals surface area (Å²) in [6, 6.07) is 9.09. The minimum atomic E-state index is 0.207. The van der Waals surface area contributed by atoms with Gasteiger partial charge < -0.3 is 5.32 Å². The molecule has 0 aliphatic rings. The summed E-state index contributed by atoms with van der Waals surface area (Å²) in [4.78, 5) is 0. The number of aryl methyl sites for hydroxylation is 4. The van der Waals surface area contributed by atoms with Gasteiger partial charge in [-0.2, -0.15) is 5.10 Å². The van der Waals surface area contributed by atoms with Crippen LogP contribution in [-0.4, -0.2) is 16.3 Å². The molecule has 0 bridgehead atoms. The van der Waals surface area contributed by atoms with Crippen molar-refractivity contribution in [3.63, 3.8) is 0 Å². The largest absolute Gasteiger partial charge is 0.305 e. The van der Waals surface area contributed by atoms with Gasteiger partial charge >= 0.3 is 0 Å². The SMILES string of the molecule is CCNC(c1ccc(C)cc1C)c1cc(CC)nn1C. The Morgan fingerprint density at radius 3 is 2.50 bits per heavy atom. The highest BCUT2D eigenvalue weighted by Gasteiger charge is 2.19. The van der Waals surface area contributed by atoms with E-state index in [4.69, 9.17) is 0 Å². The van der Waals surface area contributed by atoms with Gasteiger partial charge in [-0.3, -0.25) is 4.68 Å². The number of nitrogens with zero attached hydrogens (tertiary/aromatic N) is 2. The first-order chi connectivity index (χ1) is 9.56. The van der Waals surface area contributed by atoms with Gasteiger partial charge in [0.15, 0.2) is 0 Å². The number of benzene rings is 1. The van der Waals surface area contributed by atoms with Crippen LogP contribution < -0.4 is 5.32 Å². The third-order valence-electron chi connectivity index (χ3n) is 3.77. The van der Waals surface area contributed by atoms with Crippen molar-refractivity contribution in [1.82, 2.24) is 15.1 Å². The van der Waals surface area contributed by atoms with Crippen LogP contribution in [0.1, 0.15) is 48.0 Å². The van der Waals surface area contributed by atoms with E-state index in [9.17, 15) is 0 Å². The molecule has 0 aliphatic carbocycles. The highest BCUT2D eigenvalue weighted by atomic mass is 15.3. The van der Waals surface area contributed by atoms with Crippen molar-refractivity contribution in [2.24, 2.45) is 7.05 Å². The molecule has 1 N–H and O–H groups in total. The first-order valence-electron chi connectivity index (χ1n) is 7.40. The molecule has 2 aromatic rings. The molecular formula is C17H25N3. The lowest BCUT2D eigenvalue weighted by Crippen LogP contribution is -2.25. The zero-order valence-corrected chi connectivity index (χ0v) is 13.2. The molecule has 0 spiro atoms. The number of aromatic nitrogens is 2. The van der Waals surface area contributed by atoms with Gasteiger partial charge in [0.1, 0.15) is 0 Å². The number of rotatable bonds is 5. The molecule has 0 saturated heterocycles. The fraction of sp³-hybridized carbons (Fsp3) is 0.471. The molecule has 1 atom stereocenters. The van der Waals surface area contributed by atoms with E-state index >= 15 is 0 Å². The van der Waals surface area contributed by atoms with Crippen LogP contribution in [0.4, 0.5) is 0 Å². The van der Waals surface area contributed by atoms with Gasteiger partial charge in [0.25, 0.3) is 0 Å². The Bertz CT molecular complexity index is 584. The van der Waals surface area contributed by atoms with Gasteiger partial charge in [-0.05, 0) is 44.0 Å². The molecule has 0 amide bonds. The zero-order valence-electron chi connectivity index (χ0n) is 13.2. The summed E-state index contributed by atoms with van der Waals surface area (Å²) in [6.45, 7) is 9.55. The number of nitrogens with one attached hydrogen (secondary N) is 1. The third-order valence-corrected chi connectivity index (χ3v) is 3.77. The summed E-state index contributed by atoms with van der Waals surface area (Å²) in [6.07, 6.45) is 0.972. The van der Waals surface area contributed by atoms with E-state index in [1.54, 1.807) is 0 Å². The van der Waals surface area contributed by atoms with Crippen LogP contribution in [0.15, 0.2) is 24.3 Å². The van der Waals surface area contributed by atoms with Crippen molar-refractivity contribution in [1.29, 1.82) is 0 Å². The normalized spacial score (nSPS) is 12.7. The predicted molar refractivity (Wildman–Crippen MR) is 84.0 cm³/mol. The molecule has 0 radical (unpaired) electrons. The smallest absolute Gasteiger partial charge is 0.0750 e. The first-order valence-corrected chi connectivity index (χ1v) is 7.40. The van der Waals surface area contributed by atoms with Crippen molar-refractivity contribution >= 4 is 0 Å². The topological polar surface area (TPSA) is 29.9 Å². The summed E-state index contributed by atoms with van der Waals surface area (Å²) in [5.41, 5.74) is 6.35. The van der Waals surface area contributed by atoms with Gasteiger partial charge in [-0.15, -0.1) is 0 Å². The summed E-state index contributed by atoms with van der Waals surface area (Å²) < 4.78 is 2.01. The maximum Gasteiger partial charge on any atom is 0.0750 e. The maximum atomic E-state index is 4.58. The van der Waals surface area contributed by atoms with Crippen LogP contribution in [0, 0.1) is 13.8 Å². The van der Waals surface area contributed by atoms with Crippen molar-refractivity contribution in [2.75, 3.05) is 6.54 Å². The standard InChI is InChI=1S/C17H25N3/c1-6-14-11-16(20(5)19-14)17(18-7-2)15-9-8-12(3)10-13(15)4/h8-11,17-18H,6-7H2,1-5H3. The molecule has 0 saturated carbocycles. The zero-order chi connectivity index (χ0) is 14.7. The minimum Gasteiger partial charge on any atom is -0.305 e. The van der Waals surface area contributed by atoms with E-state index in [0.29, 0.717) is 0 Å². The molecule has 1 aromatic heterocycles. The molecule has 0 fully saturated rings. The highest BCUT2D eigenvalue weighted by Crippen LogP contribution is 2.26. The fourth-order valence-electron chi connectivity index (χ4n) is 2.71. The molecular weight excluding hydrogens is 246 g/mol. The van der Waals surface area contributed by atoms with Gasteiger partial charge in [0, 0.05) is 7.05 Å². The first kappa shape index (κ1) is 14.8. The van der Waals surface area contributed by atoms with Gasteiger partial charge in [0.05, 0.1) is 17.4 Å². The van der Waals surface area contributed by atoms with E-state index in [2.05, 4.69) is 62.4 Å². The number of hydrogen-bond acceptors (Lipinski definition) is 2. The van der Waals surface area contributed by atoms with Crippen molar-refractivity contribution in [2.45, 2.75) is 40.2 Å². The lowest BCUT2D eigenvalue weighted by Gasteiger charge is -2.21. The van der Waals surface area contributed by atoms with Crippen LogP contribution in [0.2, 0.25) is 0 Å². The lowest BCUT2D eigenvalue weighted by molar-refractivity contribution is 0.569. The van der Waals surface area contributed by atoms with E-state index in [1.165, 1.54) is 22.4 Å². The van der Waals surface area contributed by atoms with E-state index < -0.39 is 0 Å². The summed E-state index contributed by atoms with van der Waals surface area (Å²) in [5, 5.41) is 8.17. The van der Waals surface area contributed by atoms with Crippen molar-refractivity contribution in [3.8, 4) is 0 Å². The summed E-state index contributed by atoms with van der Waals surface area (Å²) in [7, 11) is 2.03. The van der Waals surface area contributed by atoms with E-state index in [0.717, 1.165) is 18.7 Å². The second-order valence-electron chi connectivity index (χ2n) is 5.39. The van der Waals surface area contributed by atoms with Crippen molar-refractivity contribution < 1.29 is 0 Å². The molecule has 2 rings (SSSR count). The Kier molecular flexibility index (Phi) is 4.61. The quantitative estimate of drug-likeness (QED) is 0.904. The van der Waals surface area contributed by atoms with Gasteiger partial charge in [-0.1, -0.05) is 37.6 Å². The second-order valence-corrected chi connectivity index (χ2v) is 5.39. The third kappa shape index (κ3) is 2.93. The van der Waals surface area contributed by atoms with Crippen molar-refractivity contribution in [3.05, 3.63) is 52.3 Å². The molecule has 1 heterocycles. The predicted octanol–water partition coefficient (Wildman–Crippen LogP) is 3.30. The minimum absolute atomic E-state index is 0.207. The lowest BCUT2D eigenvalue weighted by atomic mass is 9.96. The Morgan fingerprint density at radius 2 is 1.95 bits per heavy atom. The van der Waals surface area contributed by atoms with Gasteiger partial charge in [0.2, 0.25) is 0 Å². The van der Waals surface area contributed by atoms with Crippen LogP contribution in [0.3, 0.4) is 0 Å². The second kappa shape index (κ2) is 6.23. The molecule has 1 aromatic carbocycles. The Morgan fingerprint density at radius 1 is 1.20 bits per heavy atom. The molecule has 20 heavy (non-hydrogen) atoms. The Labute approximate surface area is 122 Å². The molecule has 108 valence electrons. The van der Waals surface area contributed by atoms with Crippen LogP contribution in [0.5, 0.6) is 0 Å². The highest BCUT2D eigenvalue weighted by molar-refractivity contribution is 5.37. The van der Waals surface area contributed by atoms with E-state index in [1.807, 2.05) is 11.7 Å². The van der Waals surface area contributed by atoms with Crippen LogP contribution in [-0.2, 0) is 13.5 Å². The van der Waals surface area contributed by atoms with Crippen LogP contribution in [0.25, 0.3) is 0 Å². The summed E-state index contributed by atoms with van der Waals surface area (Å²) >= 11 is 0. The van der Waals surface area contributed by atoms with Gasteiger partial charge in [-0.25, -0.2) is 0 Å². The number of hydrogen-bond donors (Lipinski definition) is 1. The van der Waals surface area contributed by atoms with E-state index in [-0.39, 0.29) is 6.04 Å². The maximum absolute atomic E-state index is 4.58. The fourth-order valence-corrected chi connectivity index (χ4v) is 2.71. The molecule has 3 heteroatoms. The van der Waals surface area contributed by atoms with Crippen LogP contribution >= 0.6 is 0 Å². The average Bonchev–Trinajstić information content (AvgIpc) is 2.78. The Hall–Kier alpha value is -1.61. The summed E-state index contributed by atoms with van der Waals surface area (Å²) in [5.74, 6) is 0. The average molecular weight is 271 g/mol. The molecule has 1 unspecified atom stereocenters. The monoisotopic (exact) mass is 271 g/mol. The molecule has 3 nitrogen and oxygen atoms in total.